The van der Waals surface area contributed by atoms with Crippen LogP contribution < -0.4 is 10.6 Å². The molecule has 2 N–H and O–H groups in total. The van der Waals surface area contributed by atoms with Crippen LogP contribution in [0.3, 0.4) is 0 Å². The first kappa shape index (κ1) is 23.7. The van der Waals surface area contributed by atoms with Crippen molar-refractivity contribution in [3.8, 4) is 6.07 Å². The number of nitriles is 1. The van der Waals surface area contributed by atoms with E-state index in [9.17, 15) is 14.0 Å². The van der Waals surface area contributed by atoms with Gasteiger partial charge in [-0.05, 0) is 29.2 Å². The average Bonchev–Trinajstić information content (AvgIpc) is 2.74. The molecule has 1 saturated heterocycles. The van der Waals surface area contributed by atoms with E-state index in [0.717, 1.165) is 17.2 Å². The third kappa shape index (κ3) is 4.47. The highest BCUT2D eigenvalue weighted by Crippen LogP contribution is 2.40. The number of amides is 2. The van der Waals surface area contributed by atoms with Crippen molar-refractivity contribution in [3.63, 3.8) is 0 Å². The van der Waals surface area contributed by atoms with Gasteiger partial charge in [0.1, 0.15) is 5.82 Å². The molecule has 0 atom stereocenters. The number of anilines is 1. The van der Waals surface area contributed by atoms with E-state index in [0.29, 0.717) is 26.1 Å². The molecule has 0 aromatic heterocycles. The fourth-order valence-corrected chi connectivity index (χ4v) is 4.33. The molecule has 0 saturated carbocycles. The molecule has 1 fully saturated rings. The summed E-state index contributed by atoms with van der Waals surface area (Å²) in [5, 5.41) is 14.0. The number of hydrogen-bond acceptors (Lipinski definition) is 4. The second-order valence-electron chi connectivity index (χ2n) is 8.29. The number of carbonyl (C=O) groups is 2. The van der Waals surface area contributed by atoms with E-state index in [1.165, 1.54) is 13.1 Å². The van der Waals surface area contributed by atoms with Gasteiger partial charge in [-0.1, -0.05) is 49.7 Å². The van der Waals surface area contributed by atoms with E-state index < -0.39 is 17.1 Å². The van der Waals surface area contributed by atoms with Crippen LogP contribution in [0.2, 0.25) is 5.02 Å². The first-order chi connectivity index (χ1) is 15.2. The van der Waals surface area contributed by atoms with Gasteiger partial charge in [0.05, 0.1) is 27.8 Å². The van der Waals surface area contributed by atoms with Gasteiger partial charge in [0.25, 0.3) is 5.91 Å². The predicted molar refractivity (Wildman–Crippen MR) is 122 cm³/mol. The summed E-state index contributed by atoms with van der Waals surface area (Å²) in [6.07, 6.45) is 0.368. The van der Waals surface area contributed by atoms with Crippen LogP contribution in [-0.4, -0.2) is 43.4 Å². The molecule has 0 radical (unpaired) electrons. The Morgan fingerprint density at radius 3 is 2.59 bits per heavy atom. The lowest BCUT2D eigenvalue weighted by Gasteiger charge is -2.50. The van der Waals surface area contributed by atoms with Crippen molar-refractivity contribution in [2.24, 2.45) is 0 Å². The number of carbonyl (C=O) groups excluding carboxylic acids is 2. The van der Waals surface area contributed by atoms with Crippen molar-refractivity contribution >= 4 is 29.1 Å². The van der Waals surface area contributed by atoms with Gasteiger partial charge in [-0.3, -0.25) is 14.5 Å². The van der Waals surface area contributed by atoms with Gasteiger partial charge in [0.2, 0.25) is 5.91 Å². The van der Waals surface area contributed by atoms with Crippen molar-refractivity contribution in [1.29, 1.82) is 5.26 Å². The standard InChI is InChI=1S/C24H26ClFN4O2/c1-15(2)16-7-4-5-8-18(16)24(13-30(14-24)10-6-9-27)23(32)29-21-12-20(26)19(25)11-17(21)22(31)28-3/h4-5,7-8,11-12,15H,6,10,13-14H2,1-3H3,(H,28,31)(H,29,32). The van der Waals surface area contributed by atoms with Crippen LogP contribution in [0.25, 0.3) is 0 Å². The van der Waals surface area contributed by atoms with Gasteiger partial charge in [0.15, 0.2) is 0 Å². The van der Waals surface area contributed by atoms with E-state index in [-0.39, 0.29) is 28.1 Å². The minimum Gasteiger partial charge on any atom is -0.355 e. The lowest BCUT2D eigenvalue weighted by Crippen LogP contribution is -2.65. The second kappa shape index (κ2) is 9.68. The molecule has 0 unspecified atom stereocenters. The minimum absolute atomic E-state index is 0.0631. The maximum Gasteiger partial charge on any atom is 0.253 e. The molecular formula is C24H26ClFN4O2. The monoisotopic (exact) mass is 456 g/mol. The van der Waals surface area contributed by atoms with Crippen molar-refractivity contribution in [2.75, 3.05) is 32.0 Å². The molecule has 168 valence electrons. The molecule has 1 aliphatic heterocycles. The van der Waals surface area contributed by atoms with Crippen LogP contribution in [0.1, 0.15) is 47.7 Å². The quantitative estimate of drug-likeness (QED) is 0.657. The Bertz CT molecular complexity index is 1070. The maximum atomic E-state index is 14.2. The Kier molecular flexibility index (Phi) is 7.17. The van der Waals surface area contributed by atoms with E-state index in [2.05, 4.69) is 30.6 Å². The number of nitrogens with one attached hydrogen (secondary N) is 2. The summed E-state index contributed by atoms with van der Waals surface area (Å²) in [5.74, 6) is -1.34. The average molecular weight is 457 g/mol. The zero-order valence-electron chi connectivity index (χ0n) is 18.3. The third-order valence-electron chi connectivity index (χ3n) is 5.84. The van der Waals surface area contributed by atoms with Gasteiger partial charge in [0, 0.05) is 33.1 Å². The molecule has 2 aromatic rings. The summed E-state index contributed by atoms with van der Waals surface area (Å²) in [6.45, 7) is 5.54. The van der Waals surface area contributed by atoms with Crippen LogP contribution in [0.15, 0.2) is 36.4 Å². The van der Waals surface area contributed by atoms with Gasteiger partial charge in [-0.25, -0.2) is 4.39 Å². The number of hydrogen-bond donors (Lipinski definition) is 2. The summed E-state index contributed by atoms with van der Waals surface area (Å²) in [4.78, 5) is 28.0. The van der Waals surface area contributed by atoms with E-state index >= 15 is 0 Å². The Labute approximate surface area is 192 Å². The molecule has 2 amide bonds. The number of nitrogens with zero attached hydrogens (tertiary/aromatic N) is 2. The van der Waals surface area contributed by atoms with Crippen LogP contribution in [-0.2, 0) is 10.2 Å². The highest BCUT2D eigenvalue weighted by Gasteiger charge is 2.51. The van der Waals surface area contributed by atoms with Gasteiger partial charge in [-0.2, -0.15) is 5.26 Å². The van der Waals surface area contributed by atoms with Gasteiger partial charge in [-0.15, -0.1) is 0 Å². The normalized spacial score (nSPS) is 15.0. The Morgan fingerprint density at radius 2 is 1.97 bits per heavy atom. The molecule has 6 nitrogen and oxygen atoms in total. The molecule has 32 heavy (non-hydrogen) atoms. The van der Waals surface area contributed by atoms with Crippen LogP contribution >= 0.6 is 11.6 Å². The number of halogens is 2. The van der Waals surface area contributed by atoms with Gasteiger partial charge >= 0.3 is 0 Å². The van der Waals surface area contributed by atoms with Crippen LogP contribution in [0.5, 0.6) is 0 Å². The summed E-state index contributed by atoms with van der Waals surface area (Å²) >= 11 is 5.87. The number of likely N-dealkylation sites (tertiary alicyclic amines) is 1. The SMILES string of the molecule is CNC(=O)c1cc(Cl)c(F)cc1NC(=O)C1(c2ccccc2C(C)C)CN(CCC#N)C1. The Morgan fingerprint density at radius 1 is 1.28 bits per heavy atom. The molecule has 1 heterocycles. The molecule has 0 aliphatic carbocycles. The molecule has 0 bridgehead atoms. The highest BCUT2D eigenvalue weighted by atomic mass is 35.5. The van der Waals surface area contributed by atoms with E-state index in [4.69, 9.17) is 16.9 Å². The summed E-state index contributed by atoms with van der Waals surface area (Å²) in [7, 11) is 1.45. The number of benzene rings is 2. The number of rotatable bonds is 7. The fraction of sp³-hybridized carbons (Fsp3) is 0.375. The Hall–Kier alpha value is -2.95. The predicted octanol–water partition coefficient (Wildman–Crippen LogP) is 4.07. The molecule has 0 spiro atoms. The van der Waals surface area contributed by atoms with Crippen molar-refractivity contribution in [2.45, 2.75) is 31.6 Å². The van der Waals surface area contributed by atoms with Gasteiger partial charge < -0.3 is 10.6 Å². The Balaban J connectivity index is 2.02. The summed E-state index contributed by atoms with van der Waals surface area (Å²) < 4.78 is 14.2. The lowest BCUT2D eigenvalue weighted by atomic mass is 9.69. The van der Waals surface area contributed by atoms with Crippen LogP contribution in [0, 0.1) is 17.1 Å². The lowest BCUT2D eigenvalue weighted by molar-refractivity contribution is -0.128. The molecule has 1 aliphatic rings. The summed E-state index contributed by atoms with van der Waals surface area (Å²) in [6, 6.07) is 12.2. The van der Waals surface area contributed by atoms with E-state index in [1.54, 1.807) is 0 Å². The third-order valence-corrected chi connectivity index (χ3v) is 6.13. The molecule has 3 rings (SSSR count). The zero-order chi connectivity index (χ0) is 23.5. The first-order valence-corrected chi connectivity index (χ1v) is 10.8. The fourth-order valence-electron chi connectivity index (χ4n) is 4.17. The van der Waals surface area contributed by atoms with Crippen molar-refractivity contribution < 1.29 is 14.0 Å². The summed E-state index contributed by atoms with van der Waals surface area (Å²) in [5.41, 5.74) is 1.22. The molecule has 8 heteroatoms. The first-order valence-electron chi connectivity index (χ1n) is 10.4. The minimum atomic E-state index is -0.883. The second-order valence-corrected chi connectivity index (χ2v) is 8.70. The maximum absolute atomic E-state index is 14.2. The topological polar surface area (TPSA) is 85.2 Å². The van der Waals surface area contributed by atoms with Crippen molar-refractivity contribution in [1.82, 2.24) is 10.2 Å². The molecular weight excluding hydrogens is 431 g/mol. The largest absolute Gasteiger partial charge is 0.355 e. The van der Waals surface area contributed by atoms with E-state index in [1.807, 2.05) is 29.2 Å². The smallest absolute Gasteiger partial charge is 0.253 e. The van der Waals surface area contributed by atoms with Crippen LogP contribution in [0.4, 0.5) is 10.1 Å². The zero-order valence-corrected chi connectivity index (χ0v) is 19.1. The van der Waals surface area contributed by atoms with Crippen molar-refractivity contribution in [3.05, 3.63) is 63.9 Å². The molecule has 2 aromatic carbocycles. The highest BCUT2D eigenvalue weighted by molar-refractivity contribution is 6.31.